The molecule has 0 radical (unpaired) electrons. The lowest BCUT2D eigenvalue weighted by atomic mass is 10.3. The van der Waals surface area contributed by atoms with Crippen LogP contribution in [0.4, 0.5) is 0 Å². The first-order chi connectivity index (χ1) is 11.8. The molecule has 24 heavy (non-hydrogen) atoms. The van der Waals surface area contributed by atoms with Gasteiger partial charge in [0.05, 0.1) is 11.8 Å². The minimum Gasteiger partial charge on any atom is -0.492 e. The highest BCUT2D eigenvalue weighted by Gasteiger charge is 2.08. The molecular formula is C18H21N3O3. The third-order valence-electron chi connectivity index (χ3n) is 3.51. The minimum atomic E-state index is -0.601. The van der Waals surface area contributed by atoms with E-state index < -0.39 is 6.10 Å². The number of hydrogen-bond donors (Lipinski definition) is 3. The zero-order chi connectivity index (χ0) is 16.6. The number of ether oxygens (including phenoxy) is 2. The zero-order valence-corrected chi connectivity index (χ0v) is 13.3. The number of aliphatic hydroxyl groups excluding tert-OH is 1. The third-order valence-corrected chi connectivity index (χ3v) is 3.51. The summed E-state index contributed by atoms with van der Waals surface area (Å²) in [6.45, 7) is 1.85. The summed E-state index contributed by atoms with van der Waals surface area (Å²) in [4.78, 5) is 7.25. The minimum absolute atomic E-state index is 0.207. The maximum atomic E-state index is 9.99. The van der Waals surface area contributed by atoms with E-state index in [2.05, 4.69) is 15.3 Å². The summed E-state index contributed by atoms with van der Waals surface area (Å²) in [5, 5.41) is 13.1. The van der Waals surface area contributed by atoms with Gasteiger partial charge in [0.25, 0.3) is 0 Å². The molecule has 3 N–H and O–H groups in total. The molecular weight excluding hydrogens is 306 g/mol. The number of para-hydroxylation sites is 2. The molecule has 1 atom stereocenters. The lowest BCUT2D eigenvalue weighted by Crippen LogP contribution is -2.33. The molecule has 6 nitrogen and oxygen atoms in total. The van der Waals surface area contributed by atoms with Crippen molar-refractivity contribution in [2.75, 3.05) is 26.3 Å². The summed E-state index contributed by atoms with van der Waals surface area (Å²) >= 11 is 0. The molecule has 1 unspecified atom stereocenters. The topological polar surface area (TPSA) is 79.4 Å². The lowest BCUT2D eigenvalue weighted by Gasteiger charge is -2.14. The van der Waals surface area contributed by atoms with Crippen LogP contribution in [0.1, 0.15) is 0 Å². The molecule has 0 spiro atoms. The van der Waals surface area contributed by atoms with E-state index in [1.54, 1.807) is 6.33 Å². The summed E-state index contributed by atoms with van der Waals surface area (Å²) in [5.74, 6) is 1.51. The maximum absolute atomic E-state index is 9.99. The van der Waals surface area contributed by atoms with E-state index in [9.17, 15) is 5.11 Å². The summed E-state index contributed by atoms with van der Waals surface area (Å²) in [6, 6.07) is 15.3. The van der Waals surface area contributed by atoms with Gasteiger partial charge in [-0.05, 0) is 24.3 Å². The molecule has 0 saturated carbocycles. The second-order valence-corrected chi connectivity index (χ2v) is 5.39. The Hall–Kier alpha value is -2.57. The third kappa shape index (κ3) is 4.47. The molecule has 0 aliphatic heterocycles. The van der Waals surface area contributed by atoms with Crippen LogP contribution >= 0.6 is 0 Å². The van der Waals surface area contributed by atoms with Crippen molar-refractivity contribution in [2.24, 2.45) is 0 Å². The highest BCUT2D eigenvalue weighted by atomic mass is 16.5. The normalized spacial score (nSPS) is 12.2. The number of nitrogens with zero attached hydrogens (tertiary/aromatic N) is 1. The molecule has 6 heteroatoms. The van der Waals surface area contributed by atoms with E-state index in [0.717, 1.165) is 16.8 Å². The number of aromatic amines is 1. The Labute approximate surface area is 140 Å². The number of hydrogen-bond acceptors (Lipinski definition) is 5. The van der Waals surface area contributed by atoms with Gasteiger partial charge < -0.3 is 24.9 Å². The van der Waals surface area contributed by atoms with Gasteiger partial charge in [0, 0.05) is 13.1 Å². The average Bonchev–Trinajstić information content (AvgIpc) is 3.10. The Morgan fingerprint density at radius 1 is 1.08 bits per heavy atom. The van der Waals surface area contributed by atoms with Gasteiger partial charge in [0.15, 0.2) is 0 Å². The Balaban J connectivity index is 1.34. The van der Waals surface area contributed by atoms with Crippen LogP contribution in [0, 0.1) is 0 Å². The highest BCUT2D eigenvalue weighted by Crippen LogP contribution is 2.21. The Kier molecular flexibility index (Phi) is 5.65. The van der Waals surface area contributed by atoms with Crippen LogP contribution in [-0.2, 0) is 0 Å². The van der Waals surface area contributed by atoms with Crippen LogP contribution in [0.3, 0.4) is 0 Å². The zero-order valence-electron chi connectivity index (χ0n) is 13.3. The Bertz CT molecular complexity index is 745. The number of H-pyrrole nitrogens is 1. The Morgan fingerprint density at radius 2 is 1.96 bits per heavy atom. The van der Waals surface area contributed by atoms with Gasteiger partial charge in [0.1, 0.15) is 36.3 Å². The molecule has 0 amide bonds. The highest BCUT2D eigenvalue weighted by molar-refractivity contribution is 5.80. The molecule has 1 aromatic heterocycles. The number of nitrogens with one attached hydrogen (secondary N) is 2. The van der Waals surface area contributed by atoms with Gasteiger partial charge in [-0.25, -0.2) is 4.98 Å². The van der Waals surface area contributed by atoms with Crippen molar-refractivity contribution < 1.29 is 14.6 Å². The fraction of sp³-hybridized carbons (Fsp3) is 0.278. The van der Waals surface area contributed by atoms with Gasteiger partial charge in [0.2, 0.25) is 0 Å². The quantitative estimate of drug-likeness (QED) is 0.524. The number of aromatic nitrogens is 2. The van der Waals surface area contributed by atoms with Crippen LogP contribution in [0.15, 0.2) is 54.9 Å². The van der Waals surface area contributed by atoms with Gasteiger partial charge in [-0.3, -0.25) is 0 Å². The second-order valence-electron chi connectivity index (χ2n) is 5.39. The van der Waals surface area contributed by atoms with Crippen LogP contribution in [0.25, 0.3) is 11.0 Å². The molecule has 0 fully saturated rings. The molecule has 0 bridgehead atoms. The smallest absolute Gasteiger partial charge is 0.147 e. The van der Waals surface area contributed by atoms with E-state index in [1.807, 2.05) is 48.5 Å². The van der Waals surface area contributed by atoms with E-state index in [1.165, 1.54) is 0 Å². The fourth-order valence-electron chi connectivity index (χ4n) is 2.33. The SMILES string of the molecule is OC(CNCCOc1ccccc1)COc1cccc2[nH]cnc12. The van der Waals surface area contributed by atoms with Gasteiger partial charge in [-0.2, -0.15) is 0 Å². The monoisotopic (exact) mass is 327 g/mol. The largest absolute Gasteiger partial charge is 0.492 e. The molecule has 0 saturated heterocycles. The van der Waals surface area contributed by atoms with Crippen molar-refractivity contribution >= 4 is 11.0 Å². The lowest BCUT2D eigenvalue weighted by molar-refractivity contribution is 0.106. The van der Waals surface area contributed by atoms with Crippen molar-refractivity contribution in [2.45, 2.75) is 6.10 Å². The Morgan fingerprint density at radius 3 is 2.83 bits per heavy atom. The average molecular weight is 327 g/mol. The van der Waals surface area contributed by atoms with E-state index >= 15 is 0 Å². The summed E-state index contributed by atoms with van der Waals surface area (Å²) < 4.78 is 11.2. The molecule has 2 aromatic carbocycles. The van der Waals surface area contributed by atoms with Gasteiger partial charge in [-0.1, -0.05) is 24.3 Å². The molecule has 1 heterocycles. The molecule has 3 aromatic rings. The summed E-state index contributed by atoms with van der Waals surface area (Å²) in [5.41, 5.74) is 1.69. The summed E-state index contributed by atoms with van der Waals surface area (Å²) in [7, 11) is 0. The number of imidazole rings is 1. The van der Waals surface area contributed by atoms with Crippen molar-refractivity contribution in [1.29, 1.82) is 0 Å². The molecule has 0 aliphatic rings. The van der Waals surface area contributed by atoms with Crippen LogP contribution in [0.2, 0.25) is 0 Å². The number of benzene rings is 2. The summed E-state index contributed by atoms with van der Waals surface area (Å²) in [6.07, 6.45) is 1.03. The molecule has 0 aliphatic carbocycles. The van der Waals surface area contributed by atoms with E-state index in [4.69, 9.17) is 9.47 Å². The van der Waals surface area contributed by atoms with Crippen LogP contribution < -0.4 is 14.8 Å². The van der Waals surface area contributed by atoms with E-state index in [0.29, 0.717) is 25.4 Å². The van der Waals surface area contributed by atoms with Crippen molar-refractivity contribution in [3.63, 3.8) is 0 Å². The van der Waals surface area contributed by atoms with Crippen LogP contribution in [0.5, 0.6) is 11.5 Å². The van der Waals surface area contributed by atoms with Crippen LogP contribution in [-0.4, -0.2) is 47.5 Å². The predicted octanol–water partition coefficient (Wildman–Crippen LogP) is 1.97. The van der Waals surface area contributed by atoms with Crippen molar-refractivity contribution in [3.8, 4) is 11.5 Å². The maximum Gasteiger partial charge on any atom is 0.147 e. The molecule has 3 rings (SSSR count). The number of aliphatic hydroxyl groups is 1. The fourth-order valence-corrected chi connectivity index (χ4v) is 2.33. The second kappa shape index (κ2) is 8.33. The van der Waals surface area contributed by atoms with Crippen molar-refractivity contribution in [3.05, 3.63) is 54.9 Å². The first kappa shape index (κ1) is 16.3. The van der Waals surface area contributed by atoms with Gasteiger partial charge in [-0.15, -0.1) is 0 Å². The first-order valence-corrected chi connectivity index (χ1v) is 7.94. The standard InChI is InChI=1S/C18H21N3O3/c22-14(11-19-9-10-23-15-5-2-1-3-6-15)12-24-17-8-4-7-16-18(17)21-13-20-16/h1-8,13-14,19,22H,9-12H2,(H,20,21). The van der Waals surface area contributed by atoms with Crippen molar-refractivity contribution in [1.82, 2.24) is 15.3 Å². The first-order valence-electron chi connectivity index (χ1n) is 7.94. The van der Waals surface area contributed by atoms with E-state index in [-0.39, 0.29) is 6.61 Å². The predicted molar refractivity (Wildman–Crippen MR) is 92.4 cm³/mol. The van der Waals surface area contributed by atoms with Gasteiger partial charge >= 0.3 is 0 Å². The number of fused-ring (bicyclic) bond motifs is 1. The number of rotatable bonds is 9. The molecule has 126 valence electrons.